The molecule has 1 aliphatic heterocycles. The highest BCUT2D eigenvalue weighted by Gasteiger charge is 2.34. The van der Waals surface area contributed by atoms with Gasteiger partial charge in [-0.2, -0.15) is 0 Å². The van der Waals surface area contributed by atoms with Crippen LogP contribution in [0.4, 0.5) is 0 Å². The number of hydrogen-bond donors (Lipinski definition) is 0. The third-order valence-electron chi connectivity index (χ3n) is 4.54. The summed E-state index contributed by atoms with van der Waals surface area (Å²) in [6.07, 6.45) is 7.62. The molecule has 0 radical (unpaired) electrons. The molecule has 2 aromatic rings. The molecule has 1 aliphatic rings. The zero-order valence-corrected chi connectivity index (χ0v) is 15.0. The fourth-order valence-corrected chi connectivity index (χ4v) is 3.21. The molecule has 132 valence electrons. The van der Waals surface area contributed by atoms with Crippen LogP contribution in [0.3, 0.4) is 0 Å². The van der Waals surface area contributed by atoms with E-state index in [-0.39, 0.29) is 5.91 Å². The SMILES string of the molecule is CC(C)CN(Cc1ccncc1)C1CN(C(=O)Cc2cccnc2)C1. The summed E-state index contributed by atoms with van der Waals surface area (Å²) < 4.78 is 0. The number of pyridine rings is 2. The maximum absolute atomic E-state index is 12.4. The lowest BCUT2D eigenvalue weighted by Gasteiger charge is -2.46. The Labute approximate surface area is 149 Å². The molecular formula is C20H26N4O. The van der Waals surface area contributed by atoms with Crippen LogP contribution in [-0.4, -0.2) is 51.4 Å². The minimum Gasteiger partial charge on any atom is -0.339 e. The molecule has 1 fully saturated rings. The van der Waals surface area contributed by atoms with Crippen molar-refractivity contribution in [1.29, 1.82) is 0 Å². The number of carbonyl (C=O) groups excluding carboxylic acids is 1. The molecule has 0 bridgehead atoms. The monoisotopic (exact) mass is 338 g/mol. The van der Waals surface area contributed by atoms with Crippen LogP contribution in [-0.2, 0) is 17.8 Å². The molecule has 0 atom stereocenters. The lowest BCUT2D eigenvalue weighted by molar-refractivity contribution is -0.138. The Morgan fingerprint density at radius 3 is 2.56 bits per heavy atom. The van der Waals surface area contributed by atoms with E-state index >= 15 is 0 Å². The molecule has 5 nitrogen and oxygen atoms in total. The first-order valence-corrected chi connectivity index (χ1v) is 8.91. The van der Waals surface area contributed by atoms with Gasteiger partial charge in [-0.15, -0.1) is 0 Å². The number of aromatic nitrogens is 2. The average molecular weight is 338 g/mol. The van der Waals surface area contributed by atoms with Crippen molar-refractivity contribution >= 4 is 5.91 Å². The molecule has 0 aromatic carbocycles. The fraction of sp³-hybridized carbons (Fsp3) is 0.450. The van der Waals surface area contributed by atoms with Crippen molar-refractivity contribution < 1.29 is 4.79 Å². The van der Waals surface area contributed by atoms with Gasteiger partial charge in [0.05, 0.1) is 6.42 Å². The van der Waals surface area contributed by atoms with Crippen molar-refractivity contribution in [2.75, 3.05) is 19.6 Å². The van der Waals surface area contributed by atoms with Crippen LogP contribution in [0, 0.1) is 5.92 Å². The van der Waals surface area contributed by atoms with E-state index in [2.05, 4.69) is 40.8 Å². The van der Waals surface area contributed by atoms with Gasteiger partial charge in [-0.3, -0.25) is 19.7 Å². The van der Waals surface area contributed by atoms with Crippen LogP contribution in [0.15, 0.2) is 49.1 Å². The Bertz CT molecular complexity index is 669. The van der Waals surface area contributed by atoms with E-state index in [0.717, 1.165) is 31.7 Å². The van der Waals surface area contributed by atoms with Crippen molar-refractivity contribution in [3.63, 3.8) is 0 Å². The Balaban J connectivity index is 1.55. The number of rotatable bonds is 7. The first kappa shape index (κ1) is 17.5. The van der Waals surface area contributed by atoms with E-state index in [0.29, 0.717) is 18.4 Å². The Morgan fingerprint density at radius 2 is 1.92 bits per heavy atom. The molecule has 3 rings (SSSR count). The highest BCUT2D eigenvalue weighted by Crippen LogP contribution is 2.20. The molecule has 0 saturated carbocycles. The minimum atomic E-state index is 0.192. The quantitative estimate of drug-likeness (QED) is 0.778. The normalized spacial score (nSPS) is 14.8. The molecular weight excluding hydrogens is 312 g/mol. The van der Waals surface area contributed by atoms with Crippen molar-refractivity contribution in [2.45, 2.75) is 32.9 Å². The maximum Gasteiger partial charge on any atom is 0.227 e. The van der Waals surface area contributed by atoms with E-state index in [4.69, 9.17) is 0 Å². The Kier molecular flexibility index (Phi) is 5.76. The van der Waals surface area contributed by atoms with Gasteiger partial charge in [0.2, 0.25) is 5.91 Å². The van der Waals surface area contributed by atoms with Gasteiger partial charge in [-0.25, -0.2) is 0 Å². The highest BCUT2D eigenvalue weighted by molar-refractivity contribution is 5.79. The summed E-state index contributed by atoms with van der Waals surface area (Å²) in [4.78, 5) is 25.0. The van der Waals surface area contributed by atoms with Crippen molar-refractivity contribution in [3.8, 4) is 0 Å². The average Bonchev–Trinajstić information content (AvgIpc) is 2.54. The molecule has 0 aliphatic carbocycles. The Morgan fingerprint density at radius 1 is 1.16 bits per heavy atom. The molecule has 1 amide bonds. The summed E-state index contributed by atoms with van der Waals surface area (Å²) >= 11 is 0. The number of hydrogen-bond acceptors (Lipinski definition) is 4. The largest absolute Gasteiger partial charge is 0.339 e. The molecule has 3 heterocycles. The van der Waals surface area contributed by atoms with E-state index in [1.165, 1.54) is 5.56 Å². The first-order chi connectivity index (χ1) is 12.1. The zero-order valence-electron chi connectivity index (χ0n) is 15.0. The van der Waals surface area contributed by atoms with Crippen LogP contribution in [0.1, 0.15) is 25.0 Å². The lowest BCUT2D eigenvalue weighted by atomic mass is 10.0. The molecule has 25 heavy (non-hydrogen) atoms. The second-order valence-electron chi connectivity index (χ2n) is 7.17. The van der Waals surface area contributed by atoms with Gasteiger partial charge in [-0.1, -0.05) is 19.9 Å². The topological polar surface area (TPSA) is 49.3 Å². The Hall–Kier alpha value is -2.27. The summed E-state index contributed by atoms with van der Waals surface area (Å²) in [6.45, 7) is 8.06. The number of likely N-dealkylation sites (tertiary alicyclic amines) is 1. The molecule has 1 saturated heterocycles. The van der Waals surface area contributed by atoms with E-state index in [1.54, 1.807) is 12.4 Å². The number of nitrogens with zero attached hydrogens (tertiary/aromatic N) is 4. The third kappa shape index (κ3) is 4.86. The second-order valence-corrected chi connectivity index (χ2v) is 7.17. The lowest BCUT2D eigenvalue weighted by Crippen LogP contribution is -2.61. The van der Waals surface area contributed by atoms with Gasteiger partial charge < -0.3 is 4.90 Å². The van der Waals surface area contributed by atoms with Gasteiger partial charge in [0, 0.05) is 57.0 Å². The summed E-state index contributed by atoms with van der Waals surface area (Å²) in [5.74, 6) is 0.791. The van der Waals surface area contributed by atoms with E-state index in [9.17, 15) is 4.79 Å². The predicted octanol–water partition coefficient (Wildman–Crippen LogP) is 2.39. The summed E-state index contributed by atoms with van der Waals surface area (Å²) in [6, 6.07) is 8.40. The molecule has 0 N–H and O–H groups in total. The van der Waals surface area contributed by atoms with Crippen LogP contribution < -0.4 is 0 Å². The van der Waals surface area contributed by atoms with Gasteiger partial charge in [0.1, 0.15) is 0 Å². The third-order valence-corrected chi connectivity index (χ3v) is 4.54. The number of carbonyl (C=O) groups is 1. The van der Waals surface area contributed by atoms with Gasteiger partial charge >= 0.3 is 0 Å². The van der Waals surface area contributed by atoms with Crippen molar-refractivity contribution in [2.24, 2.45) is 5.92 Å². The minimum absolute atomic E-state index is 0.192. The van der Waals surface area contributed by atoms with E-state index in [1.807, 2.05) is 29.4 Å². The first-order valence-electron chi connectivity index (χ1n) is 8.91. The van der Waals surface area contributed by atoms with Gasteiger partial charge in [-0.05, 0) is 35.2 Å². The van der Waals surface area contributed by atoms with Gasteiger partial charge in [0.15, 0.2) is 0 Å². The molecule has 2 aromatic heterocycles. The van der Waals surface area contributed by atoms with Crippen LogP contribution in [0.25, 0.3) is 0 Å². The van der Waals surface area contributed by atoms with Crippen LogP contribution in [0.5, 0.6) is 0 Å². The highest BCUT2D eigenvalue weighted by atomic mass is 16.2. The number of amides is 1. The smallest absolute Gasteiger partial charge is 0.227 e. The molecule has 0 spiro atoms. The van der Waals surface area contributed by atoms with Crippen LogP contribution in [0.2, 0.25) is 0 Å². The van der Waals surface area contributed by atoms with Crippen LogP contribution >= 0.6 is 0 Å². The second kappa shape index (κ2) is 8.21. The summed E-state index contributed by atoms with van der Waals surface area (Å²) in [5.41, 5.74) is 2.25. The maximum atomic E-state index is 12.4. The predicted molar refractivity (Wildman–Crippen MR) is 97.8 cm³/mol. The van der Waals surface area contributed by atoms with Gasteiger partial charge in [0.25, 0.3) is 0 Å². The fourth-order valence-electron chi connectivity index (χ4n) is 3.21. The molecule has 5 heteroatoms. The summed E-state index contributed by atoms with van der Waals surface area (Å²) in [7, 11) is 0. The van der Waals surface area contributed by atoms with E-state index < -0.39 is 0 Å². The molecule has 0 unspecified atom stereocenters. The standard InChI is InChI=1S/C20H26N4O/c1-16(2)12-23(13-17-5-8-21-9-6-17)19-14-24(15-19)20(25)10-18-4-3-7-22-11-18/h3-9,11,16,19H,10,12-15H2,1-2H3. The zero-order chi connectivity index (χ0) is 17.6. The summed E-state index contributed by atoms with van der Waals surface area (Å²) in [5, 5.41) is 0. The van der Waals surface area contributed by atoms with Crippen molar-refractivity contribution in [3.05, 3.63) is 60.2 Å². The van der Waals surface area contributed by atoms with Crippen molar-refractivity contribution in [1.82, 2.24) is 19.8 Å².